The van der Waals surface area contributed by atoms with Gasteiger partial charge >= 0.3 is 5.97 Å². The quantitative estimate of drug-likeness (QED) is 0.752. The molecular formula is C13H11N5O3. The highest BCUT2D eigenvalue weighted by Crippen LogP contribution is 2.33. The van der Waals surface area contributed by atoms with E-state index in [1.54, 1.807) is 0 Å². The first-order valence-corrected chi connectivity index (χ1v) is 5.72. The summed E-state index contributed by atoms with van der Waals surface area (Å²) in [6.07, 6.45) is 0. The van der Waals surface area contributed by atoms with E-state index in [-0.39, 0.29) is 28.6 Å². The normalized spacial score (nSPS) is 9.90. The predicted molar refractivity (Wildman–Crippen MR) is 74.5 cm³/mol. The monoisotopic (exact) mass is 285 g/mol. The Hall–Kier alpha value is -3.34. The zero-order chi connectivity index (χ0) is 15.6. The minimum atomic E-state index is -1.12. The summed E-state index contributed by atoms with van der Waals surface area (Å²) < 4.78 is 5.17. The highest BCUT2D eigenvalue weighted by atomic mass is 16.5. The van der Waals surface area contributed by atoms with Gasteiger partial charge in [0.05, 0.1) is 18.4 Å². The summed E-state index contributed by atoms with van der Waals surface area (Å²) in [4.78, 5) is 18.8. The zero-order valence-corrected chi connectivity index (χ0v) is 11.0. The lowest BCUT2D eigenvalue weighted by atomic mass is 10.0. The number of nitrogens with zero attached hydrogens (tertiary/aromatic N) is 3. The van der Waals surface area contributed by atoms with Gasteiger partial charge in [0.15, 0.2) is 0 Å². The fourth-order valence-corrected chi connectivity index (χ4v) is 1.83. The van der Waals surface area contributed by atoms with E-state index in [1.807, 2.05) is 6.07 Å². The number of benzene rings is 1. The molecule has 0 bridgehead atoms. The van der Waals surface area contributed by atoms with Crippen LogP contribution in [0.15, 0.2) is 18.2 Å². The van der Waals surface area contributed by atoms with Gasteiger partial charge < -0.3 is 21.3 Å². The molecule has 106 valence electrons. The molecule has 8 heteroatoms. The van der Waals surface area contributed by atoms with Crippen molar-refractivity contribution in [2.75, 3.05) is 18.6 Å². The third-order valence-electron chi connectivity index (χ3n) is 2.77. The van der Waals surface area contributed by atoms with Gasteiger partial charge in [0, 0.05) is 5.56 Å². The lowest BCUT2D eigenvalue weighted by Gasteiger charge is -2.11. The van der Waals surface area contributed by atoms with Crippen LogP contribution in [-0.2, 0) is 0 Å². The largest absolute Gasteiger partial charge is 0.496 e. The molecule has 1 aromatic heterocycles. The van der Waals surface area contributed by atoms with E-state index >= 15 is 0 Å². The second kappa shape index (κ2) is 5.34. The predicted octanol–water partition coefficient (Wildman–Crippen LogP) is 0.886. The Bertz CT molecular complexity index is 767. The molecule has 0 saturated carbocycles. The fourth-order valence-electron chi connectivity index (χ4n) is 1.83. The first kappa shape index (κ1) is 14.1. The molecule has 21 heavy (non-hydrogen) atoms. The number of carboxylic acid groups (broad SMARTS) is 1. The summed E-state index contributed by atoms with van der Waals surface area (Å²) in [5, 5.41) is 18.3. The minimum absolute atomic E-state index is 0.00467. The number of hydrogen-bond donors (Lipinski definition) is 3. The maximum absolute atomic E-state index is 11.1. The SMILES string of the molecule is COc1ccc(C(=O)O)cc1-c1nc(N)nc(N)c1C#N. The van der Waals surface area contributed by atoms with Crippen LogP contribution in [0.4, 0.5) is 11.8 Å². The Morgan fingerprint density at radius 1 is 1.38 bits per heavy atom. The van der Waals surface area contributed by atoms with Crippen molar-refractivity contribution in [1.82, 2.24) is 9.97 Å². The molecule has 0 aliphatic carbocycles. The van der Waals surface area contributed by atoms with Crippen LogP contribution >= 0.6 is 0 Å². The molecule has 5 N–H and O–H groups in total. The molecular weight excluding hydrogens is 274 g/mol. The summed E-state index contributed by atoms with van der Waals surface area (Å²) >= 11 is 0. The molecule has 0 unspecified atom stereocenters. The second-order valence-electron chi connectivity index (χ2n) is 4.02. The summed E-state index contributed by atoms with van der Waals surface area (Å²) in [5.74, 6) is -0.978. The summed E-state index contributed by atoms with van der Waals surface area (Å²) in [7, 11) is 1.42. The first-order chi connectivity index (χ1) is 9.97. The molecule has 2 rings (SSSR count). The van der Waals surface area contributed by atoms with Gasteiger partial charge in [-0.1, -0.05) is 0 Å². The molecule has 0 amide bonds. The Labute approximate surface area is 119 Å². The number of methoxy groups -OCH3 is 1. The zero-order valence-electron chi connectivity index (χ0n) is 11.0. The van der Waals surface area contributed by atoms with Crippen LogP contribution in [0.1, 0.15) is 15.9 Å². The summed E-state index contributed by atoms with van der Waals surface area (Å²) in [6.45, 7) is 0. The van der Waals surface area contributed by atoms with Crippen molar-refractivity contribution in [2.24, 2.45) is 0 Å². The van der Waals surface area contributed by atoms with E-state index in [9.17, 15) is 10.1 Å². The van der Waals surface area contributed by atoms with Crippen molar-refractivity contribution in [3.8, 4) is 23.1 Å². The number of ether oxygens (including phenoxy) is 1. The number of aromatic nitrogens is 2. The smallest absolute Gasteiger partial charge is 0.335 e. The van der Waals surface area contributed by atoms with Crippen LogP contribution in [0.3, 0.4) is 0 Å². The Kier molecular flexibility index (Phi) is 3.58. The number of anilines is 2. The van der Waals surface area contributed by atoms with Crippen molar-refractivity contribution >= 4 is 17.7 Å². The fraction of sp³-hybridized carbons (Fsp3) is 0.0769. The number of carboxylic acids is 1. The maximum Gasteiger partial charge on any atom is 0.335 e. The molecule has 0 atom stereocenters. The molecule has 0 radical (unpaired) electrons. The number of nitrogens with two attached hydrogens (primary N) is 2. The van der Waals surface area contributed by atoms with Gasteiger partial charge in [-0.3, -0.25) is 0 Å². The van der Waals surface area contributed by atoms with Gasteiger partial charge in [-0.05, 0) is 18.2 Å². The molecule has 1 heterocycles. The van der Waals surface area contributed by atoms with Crippen molar-refractivity contribution in [1.29, 1.82) is 5.26 Å². The van der Waals surface area contributed by atoms with Gasteiger partial charge in [0.2, 0.25) is 5.95 Å². The van der Waals surface area contributed by atoms with Crippen LogP contribution in [-0.4, -0.2) is 28.2 Å². The van der Waals surface area contributed by atoms with Crippen molar-refractivity contribution < 1.29 is 14.6 Å². The van der Waals surface area contributed by atoms with Gasteiger partial charge in [-0.15, -0.1) is 0 Å². The number of hydrogen-bond acceptors (Lipinski definition) is 7. The topological polar surface area (TPSA) is 148 Å². The molecule has 0 spiro atoms. The van der Waals surface area contributed by atoms with Crippen LogP contribution in [0.25, 0.3) is 11.3 Å². The van der Waals surface area contributed by atoms with Crippen molar-refractivity contribution in [2.45, 2.75) is 0 Å². The lowest BCUT2D eigenvalue weighted by Crippen LogP contribution is -2.06. The third-order valence-corrected chi connectivity index (χ3v) is 2.77. The number of rotatable bonds is 3. The molecule has 0 aliphatic heterocycles. The van der Waals surface area contributed by atoms with Crippen LogP contribution in [0.2, 0.25) is 0 Å². The minimum Gasteiger partial charge on any atom is -0.496 e. The average molecular weight is 285 g/mol. The molecule has 0 aliphatic rings. The number of aromatic carboxylic acids is 1. The van der Waals surface area contributed by atoms with Crippen molar-refractivity contribution in [3.05, 3.63) is 29.3 Å². The molecule has 0 saturated heterocycles. The molecule has 1 aromatic carbocycles. The van der Waals surface area contributed by atoms with E-state index in [2.05, 4.69) is 9.97 Å². The van der Waals surface area contributed by atoms with E-state index < -0.39 is 5.97 Å². The van der Waals surface area contributed by atoms with Gasteiger partial charge in [-0.2, -0.15) is 10.2 Å². The van der Waals surface area contributed by atoms with Crippen LogP contribution in [0.5, 0.6) is 5.75 Å². The van der Waals surface area contributed by atoms with Crippen LogP contribution < -0.4 is 16.2 Å². The third kappa shape index (κ3) is 2.52. The number of carbonyl (C=O) groups is 1. The van der Waals surface area contributed by atoms with E-state index in [4.69, 9.17) is 21.3 Å². The summed E-state index contributed by atoms with van der Waals surface area (Å²) in [5.41, 5.74) is 11.6. The van der Waals surface area contributed by atoms with Gasteiger partial charge in [0.25, 0.3) is 0 Å². The Morgan fingerprint density at radius 3 is 2.67 bits per heavy atom. The van der Waals surface area contributed by atoms with Gasteiger partial charge in [-0.25, -0.2) is 9.78 Å². The molecule has 8 nitrogen and oxygen atoms in total. The number of nitriles is 1. The molecule has 0 fully saturated rings. The highest BCUT2D eigenvalue weighted by Gasteiger charge is 2.18. The standard InChI is InChI=1S/C13H11N5O3/c1-21-9-3-2-6(12(19)20)4-7(9)10-8(5-14)11(15)18-13(16)17-10/h2-4H,1H3,(H,19,20)(H4,15,16,17,18). The van der Waals surface area contributed by atoms with Crippen LogP contribution in [0, 0.1) is 11.3 Å². The first-order valence-electron chi connectivity index (χ1n) is 5.72. The lowest BCUT2D eigenvalue weighted by molar-refractivity contribution is 0.0697. The Balaban J connectivity index is 2.80. The van der Waals surface area contributed by atoms with Crippen molar-refractivity contribution in [3.63, 3.8) is 0 Å². The van der Waals surface area contributed by atoms with E-state index in [0.29, 0.717) is 11.3 Å². The summed E-state index contributed by atoms with van der Waals surface area (Å²) in [6, 6.07) is 6.06. The Morgan fingerprint density at radius 2 is 2.10 bits per heavy atom. The van der Waals surface area contributed by atoms with Gasteiger partial charge in [0.1, 0.15) is 23.2 Å². The van der Waals surface area contributed by atoms with E-state index in [0.717, 1.165) is 0 Å². The highest BCUT2D eigenvalue weighted by molar-refractivity contribution is 5.91. The molecule has 2 aromatic rings. The van der Waals surface area contributed by atoms with E-state index in [1.165, 1.54) is 25.3 Å². The maximum atomic E-state index is 11.1. The average Bonchev–Trinajstić information content (AvgIpc) is 2.45. The second-order valence-corrected chi connectivity index (χ2v) is 4.02. The number of nitrogen functional groups attached to an aromatic ring is 2.